The number of aryl methyl sites for hydroxylation is 3. The number of carbonyl (C=O) groups is 1. The number of benzene rings is 1. The largest absolute Gasteiger partial charge is 0.360 e. The van der Waals surface area contributed by atoms with Gasteiger partial charge in [0.2, 0.25) is 15.9 Å². The molecule has 0 bridgehead atoms. The molecule has 0 N–H and O–H groups in total. The molecule has 2 rings (SSSR count). The molecule has 0 saturated carbocycles. The highest BCUT2D eigenvalue weighted by Crippen LogP contribution is 2.23. The Bertz CT molecular complexity index is 854. The highest BCUT2D eigenvalue weighted by Gasteiger charge is 2.31. The summed E-state index contributed by atoms with van der Waals surface area (Å²) in [4.78, 5) is 14.3. The average Bonchev–Trinajstić information content (AvgIpc) is 2.89. The summed E-state index contributed by atoms with van der Waals surface area (Å²) in [5.41, 5.74) is 2.01. The van der Waals surface area contributed by atoms with Gasteiger partial charge in [0.05, 0.1) is 6.54 Å². The van der Waals surface area contributed by atoms with E-state index in [1.807, 2.05) is 38.1 Å². The summed E-state index contributed by atoms with van der Waals surface area (Å²) in [5.74, 6) is -0.0855. The predicted octanol–water partition coefficient (Wildman–Crippen LogP) is 2.27. The van der Waals surface area contributed by atoms with Crippen LogP contribution < -0.4 is 4.90 Å². The monoisotopic (exact) mass is 365 g/mol. The molecule has 1 amide bonds. The van der Waals surface area contributed by atoms with Gasteiger partial charge in [-0.15, -0.1) is 0 Å². The molecule has 0 atom stereocenters. The Kier molecular flexibility index (Phi) is 5.64. The van der Waals surface area contributed by atoms with Gasteiger partial charge in [-0.25, -0.2) is 8.42 Å². The van der Waals surface area contributed by atoms with Gasteiger partial charge >= 0.3 is 0 Å². The molecule has 0 spiro atoms. The minimum Gasteiger partial charge on any atom is -0.360 e. The number of hydrogen-bond donors (Lipinski definition) is 0. The summed E-state index contributed by atoms with van der Waals surface area (Å²) in [6.45, 7) is 7.04. The third-order valence-corrected chi connectivity index (χ3v) is 6.07. The number of carbonyl (C=O) groups excluding carboxylic acids is 1. The van der Waals surface area contributed by atoms with Crippen molar-refractivity contribution in [3.8, 4) is 0 Å². The van der Waals surface area contributed by atoms with Gasteiger partial charge in [0.25, 0.3) is 0 Å². The zero-order valence-corrected chi connectivity index (χ0v) is 15.9. The Morgan fingerprint density at radius 2 is 1.84 bits per heavy atom. The number of anilines is 1. The molecule has 0 fully saturated rings. The first-order valence-electron chi connectivity index (χ1n) is 7.95. The smallest absolute Gasteiger partial charge is 0.248 e. The summed E-state index contributed by atoms with van der Waals surface area (Å²) in [5, 5.41) is 3.68. The van der Waals surface area contributed by atoms with Crippen LogP contribution in [0.3, 0.4) is 0 Å². The molecule has 0 aliphatic rings. The van der Waals surface area contributed by atoms with Gasteiger partial charge in [0.15, 0.2) is 5.76 Å². The second kappa shape index (κ2) is 7.37. The standard InChI is InChI=1S/C17H23N3O4S/c1-6-20(15-10-8-7-9-12(15)2)16(21)11-19(5)25(22,23)17-13(3)18-24-14(17)4/h7-10H,6,11H2,1-5H3. The number of likely N-dealkylation sites (N-methyl/N-ethyl adjacent to an activating group) is 2. The third-order valence-electron chi connectivity index (χ3n) is 4.02. The van der Waals surface area contributed by atoms with Crippen LogP contribution in [0.2, 0.25) is 0 Å². The average molecular weight is 365 g/mol. The lowest BCUT2D eigenvalue weighted by atomic mass is 10.2. The molecule has 1 aromatic carbocycles. The Balaban J connectivity index is 2.26. The molecular weight excluding hydrogens is 342 g/mol. The van der Waals surface area contributed by atoms with E-state index in [9.17, 15) is 13.2 Å². The molecule has 1 heterocycles. The van der Waals surface area contributed by atoms with Crippen LogP contribution in [0.4, 0.5) is 5.69 Å². The molecule has 0 aliphatic carbocycles. The van der Waals surface area contributed by atoms with E-state index in [-0.39, 0.29) is 28.8 Å². The second-order valence-electron chi connectivity index (χ2n) is 5.84. The molecule has 2 aromatic rings. The maximum Gasteiger partial charge on any atom is 0.248 e. The van der Waals surface area contributed by atoms with Crippen molar-refractivity contribution in [2.45, 2.75) is 32.6 Å². The van der Waals surface area contributed by atoms with E-state index >= 15 is 0 Å². The van der Waals surface area contributed by atoms with Crippen molar-refractivity contribution < 1.29 is 17.7 Å². The van der Waals surface area contributed by atoms with E-state index in [0.717, 1.165) is 15.6 Å². The Morgan fingerprint density at radius 1 is 1.20 bits per heavy atom. The fourth-order valence-corrected chi connectivity index (χ4v) is 4.11. The van der Waals surface area contributed by atoms with Crippen LogP contribution in [-0.2, 0) is 14.8 Å². The zero-order chi connectivity index (χ0) is 18.8. The van der Waals surface area contributed by atoms with E-state index in [4.69, 9.17) is 4.52 Å². The lowest BCUT2D eigenvalue weighted by molar-refractivity contribution is -0.118. The number of hydrogen-bond acceptors (Lipinski definition) is 5. The topological polar surface area (TPSA) is 83.7 Å². The summed E-state index contributed by atoms with van der Waals surface area (Å²) in [7, 11) is -2.48. The van der Waals surface area contributed by atoms with E-state index in [1.165, 1.54) is 14.0 Å². The Labute approximate surface area is 148 Å². The molecule has 0 saturated heterocycles. The lowest BCUT2D eigenvalue weighted by Crippen LogP contribution is -2.41. The Morgan fingerprint density at radius 3 is 2.36 bits per heavy atom. The number of sulfonamides is 1. The van der Waals surface area contributed by atoms with Crippen molar-refractivity contribution in [3.05, 3.63) is 41.3 Å². The molecule has 7 nitrogen and oxygen atoms in total. The molecule has 0 aliphatic heterocycles. The molecule has 0 radical (unpaired) electrons. The molecule has 136 valence electrons. The van der Waals surface area contributed by atoms with Crippen molar-refractivity contribution in [1.29, 1.82) is 0 Å². The number of aromatic nitrogens is 1. The van der Waals surface area contributed by atoms with E-state index < -0.39 is 10.0 Å². The first-order chi connectivity index (χ1) is 11.7. The van der Waals surface area contributed by atoms with Gasteiger partial charge in [-0.2, -0.15) is 4.31 Å². The minimum atomic E-state index is -3.86. The molecule has 1 aromatic heterocycles. The van der Waals surface area contributed by atoms with Crippen LogP contribution in [0.15, 0.2) is 33.7 Å². The number of nitrogens with zero attached hydrogens (tertiary/aromatic N) is 3. The number of rotatable bonds is 6. The zero-order valence-electron chi connectivity index (χ0n) is 15.1. The first-order valence-corrected chi connectivity index (χ1v) is 9.39. The first kappa shape index (κ1) is 19.1. The third kappa shape index (κ3) is 3.74. The fraction of sp³-hybridized carbons (Fsp3) is 0.412. The van der Waals surface area contributed by atoms with Crippen molar-refractivity contribution >= 4 is 21.6 Å². The van der Waals surface area contributed by atoms with E-state index in [2.05, 4.69) is 5.16 Å². The Hall–Kier alpha value is -2.19. The minimum absolute atomic E-state index is 0.0155. The summed E-state index contributed by atoms with van der Waals surface area (Å²) in [6, 6.07) is 7.50. The van der Waals surface area contributed by atoms with Crippen molar-refractivity contribution in [1.82, 2.24) is 9.46 Å². The van der Waals surface area contributed by atoms with Crippen LogP contribution in [0.1, 0.15) is 23.9 Å². The molecular formula is C17H23N3O4S. The summed E-state index contributed by atoms with van der Waals surface area (Å²) >= 11 is 0. The van der Waals surface area contributed by atoms with Crippen LogP contribution >= 0.6 is 0 Å². The van der Waals surface area contributed by atoms with Gasteiger partial charge in [-0.1, -0.05) is 23.4 Å². The fourth-order valence-electron chi connectivity index (χ4n) is 2.71. The maximum absolute atomic E-state index is 12.7. The molecule has 0 unspecified atom stereocenters. The number of amides is 1. The highest BCUT2D eigenvalue weighted by molar-refractivity contribution is 7.89. The van der Waals surface area contributed by atoms with Crippen molar-refractivity contribution in [2.75, 3.05) is 25.0 Å². The van der Waals surface area contributed by atoms with Crippen LogP contribution in [-0.4, -0.2) is 43.9 Å². The molecule has 8 heteroatoms. The normalized spacial score (nSPS) is 11.8. The van der Waals surface area contributed by atoms with E-state index in [1.54, 1.807) is 11.8 Å². The van der Waals surface area contributed by atoms with E-state index in [0.29, 0.717) is 6.54 Å². The second-order valence-corrected chi connectivity index (χ2v) is 7.82. The highest BCUT2D eigenvalue weighted by atomic mass is 32.2. The maximum atomic E-state index is 12.7. The van der Waals surface area contributed by atoms with Crippen LogP contribution in [0, 0.1) is 20.8 Å². The van der Waals surface area contributed by atoms with Gasteiger partial charge in [-0.05, 0) is 39.3 Å². The van der Waals surface area contributed by atoms with Crippen LogP contribution in [0.5, 0.6) is 0 Å². The van der Waals surface area contributed by atoms with Gasteiger partial charge < -0.3 is 9.42 Å². The lowest BCUT2D eigenvalue weighted by Gasteiger charge is -2.25. The van der Waals surface area contributed by atoms with Gasteiger partial charge in [0, 0.05) is 19.3 Å². The van der Waals surface area contributed by atoms with Gasteiger partial charge in [-0.3, -0.25) is 4.79 Å². The van der Waals surface area contributed by atoms with Crippen LogP contribution in [0.25, 0.3) is 0 Å². The predicted molar refractivity (Wildman–Crippen MR) is 95.0 cm³/mol. The summed E-state index contributed by atoms with van der Waals surface area (Å²) in [6.07, 6.45) is 0. The van der Waals surface area contributed by atoms with Crippen molar-refractivity contribution in [3.63, 3.8) is 0 Å². The SMILES string of the molecule is CCN(C(=O)CN(C)S(=O)(=O)c1c(C)noc1C)c1ccccc1C. The van der Waals surface area contributed by atoms with Crippen molar-refractivity contribution in [2.24, 2.45) is 0 Å². The number of para-hydroxylation sites is 1. The quantitative estimate of drug-likeness (QED) is 0.784. The summed E-state index contributed by atoms with van der Waals surface area (Å²) < 4.78 is 31.4. The van der Waals surface area contributed by atoms with Gasteiger partial charge in [0.1, 0.15) is 10.6 Å². The molecule has 25 heavy (non-hydrogen) atoms.